The van der Waals surface area contributed by atoms with Crippen LogP contribution in [0.2, 0.25) is 0 Å². The second-order valence-electron chi connectivity index (χ2n) is 5.40. The van der Waals surface area contributed by atoms with E-state index in [0.29, 0.717) is 6.42 Å². The van der Waals surface area contributed by atoms with Crippen molar-refractivity contribution in [3.8, 4) is 11.8 Å². The van der Waals surface area contributed by atoms with Gasteiger partial charge in [0, 0.05) is 5.56 Å². The minimum absolute atomic E-state index is 0.0697. The summed E-state index contributed by atoms with van der Waals surface area (Å²) in [6.07, 6.45) is 0.319. The van der Waals surface area contributed by atoms with E-state index in [1.54, 1.807) is 12.1 Å². The Kier molecular flexibility index (Phi) is 4.88. The molecule has 0 atom stereocenters. The van der Waals surface area contributed by atoms with Gasteiger partial charge in [-0.15, -0.1) is 0 Å². The van der Waals surface area contributed by atoms with Gasteiger partial charge in [0.05, 0.1) is 13.0 Å². The first-order valence-electron chi connectivity index (χ1n) is 7.70. The Morgan fingerprint density at radius 2 is 1.71 bits per heavy atom. The predicted octanol–water partition coefficient (Wildman–Crippen LogP) is 3.69. The van der Waals surface area contributed by atoms with Crippen molar-refractivity contribution in [3.05, 3.63) is 83.7 Å². The summed E-state index contributed by atoms with van der Waals surface area (Å²) in [6, 6.07) is 19.9. The summed E-state index contributed by atoms with van der Waals surface area (Å²) >= 11 is 0. The molecule has 0 radical (unpaired) electrons. The second kappa shape index (κ2) is 7.43. The molecule has 0 saturated carbocycles. The molecule has 0 spiro atoms. The van der Waals surface area contributed by atoms with Crippen molar-refractivity contribution in [1.29, 1.82) is 0 Å². The monoisotopic (exact) mass is 317 g/mol. The summed E-state index contributed by atoms with van der Waals surface area (Å²) in [5.41, 5.74) is 1.72. The first kappa shape index (κ1) is 15.8. The highest BCUT2D eigenvalue weighted by atomic mass is 19.1. The van der Waals surface area contributed by atoms with Crippen LogP contribution in [0.3, 0.4) is 0 Å². The zero-order valence-electron chi connectivity index (χ0n) is 13.1. The zero-order valence-corrected chi connectivity index (χ0v) is 13.1. The van der Waals surface area contributed by atoms with Gasteiger partial charge in [-0.2, -0.15) is 0 Å². The third-order valence-electron chi connectivity index (χ3n) is 3.68. The van der Waals surface area contributed by atoms with E-state index >= 15 is 0 Å². The number of halogens is 1. The molecular formula is C21H16FNO. The Hall–Kier alpha value is -3.12. The average Bonchev–Trinajstić information content (AvgIpc) is 2.61. The smallest absolute Gasteiger partial charge is 0.225 e. The fraction of sp³-hybridized carbons (Fsp3) is 0.0952. The Labute approximate surface area is 140 Å². The van der Waals surface area contributed by atoms with Gasteiger partial charge in [0.1, 0.15) is 5.82 Å². The normalized spacial score (nSPS) is 10.0. The number of fused-ring (bicyclic) bond motifs is 1. The van der Waals surface area contributed by atoms with Crippen molar-refractivity contribution >= 4 is 16.7 Å². The van der Waals surface area contributed by atoms with Gasteiger partial charge in [-0.05, 0) is 40.6 Å². The van der Waals surface area contributed by atoms with Crippen molar-refractivity contribution < 1.29 is 9.18 Å². The van der Waals surface area contributed by atoms with Crippen LogP contribution in [0.1, 0.15) is 11.1 Å². The van der Waals surface area contributed by atoms with Gasteiger partial charge in [-0.1, -0.05) is 54.3 Å². The summed E-state index contributed by atoms with van der Waals surface area (Å²) in [6.45, 7) is 0.265. The molecule has 0 bridgehead atoms. The molecule has 0 aromatic heterocycles. The van der Waals surface area contributed by atoms with Crippen LogP contribution < -0.4 is 5.32 Å². The molecule has 0 fully saturated rings. The number of carbonyl (C=O) groups excluding carboxylic acids is 1. The maximum absolute atomic E-state index is 12.8. The van der Waals surface area contributed by atoms with Gasteiger partial charge in [0.25, 0.3) is 0 Å². The number of nitrogens with one attached hydrogen (secondary N) is 1. The largest absolute Gasteiger partial charge is 0.345 e. The lowest BCUT2D eigenvalue weighted by atomic mass is 10.0. The maximum atomic E-state index is 12.8. The molecule has 0 aliphatic heterocycles. The summed E-state index contributed by atoms with van der Waals surface area (Å²) in [4.78, 5) is 12.1. The fourth-order valence-electron chi connectivity index (χ4n) is 2.50. The Morgan fingerprint density at radius 3 is 2.54 bits per heavy atom. The second-order valence-corrected chi connectivity index (χ2v) is 5.40. The highest BCUT2D eigenvalue weighted by molar-refractivity contribution is 5.90. The standard InChI is InChI=1S/C21H16FNO/c22-19-12-10-16(11-13-19)5-4-14-23-21(24)15-18-8-3-7-17-6-1-2-9-20(17)18/h1-3,6-13H,14-15H2,(H,23,24). The Balaban J connectivity index is 1.59. The van der Waals surface area contributed by atoms with Crippen molar-refractivity contribution in [3.63, 3.8) is 0 Å². The number of hydrogen-bond donors (Lipinski definition) is 1. The van der Waals surface area contributed by atoms with Crippen LogP contribution in [0.25, 0.3) is 10.8 Å². The molecule has 118 valence electrons. The zero-order chi connectivity index (χ0) is 16.8. The van der Waals surface area contributed by atoms with Gasteiger partial charge in [-0.3, -0.25) is 4.79 Å². The third kappa shape index (κ3) is 3.99. The van der Waals surface area contributed by atoms with E-state index in [1.807, 2.05) is 42.5 Å². The molecule has 1 N–H and O–H groups in total. The molecule has 0 unspecified atom stereocenters. The van der Waals surface area contributed by atoms with Gasteiger partial charge in [0.2, 0.25) is 5.91 Å². The number of rotatable bonds is 3. The summed E-state index contributed by atoms with van der Waals surface area (Å²) in [7, 11) is 0. The first-order chi connectivity index (χ1) is 11.7. The highest BCUT2D eigenvalue weighted by Crippen LogP contribution is 2.18. The molecule has 0 heterocycles. The number of carbonyl (C=O) groups is 1. The van der Waals surface area contributed by atoms with Gasteiger partial charge < -0.3 is 5.32 Å². The molecule has 3 heteroatoms. The summed E-state index contributed by atoms with van der Waals surface area (Å²) in [5.74, 6) is 5.40. The lowest BCUT2D eigenvalue weighted by Crippen LogP contribution is -2.25. The van der Waals surface area contributed by atoms with E-state index in [0.717, 1.165) is 21.9 Å². The first-order valence-corrected chi connectivity index (χ1v) is 7.70. The molecule has 3 aromatic carbocycles. The molecule has 0 aliphatic rings. The average molecular weight is 317 g/mol. The summed E-state index contributed by atoms with van der Waals surface area (Å²) in [5, 5.41) is 5.01. The molecule has 2 nitrogen and oxygen atoms in total. The van der Waals surface area contributed by atoms with Gasteiger partial charge >= 0.3 is 0 Å². The fourth-order valence-corrected chi connectivity index (χ4v) is 2.50. The van der Waals surface area contributed by atoms with Crippen LogP contribution >= 0.6 is 0 Å². The SMILES string of the molecule is O=C(Cc1cccc2ccccc12)NCC#Cc1ccc(F)cc1. The Morgan fingerprint density at radius 1 is 0.958 bits per heavy atom. The lowest BCUT2D eigenvalue weighted by Gasteiger charge is -2.06. The molecule has 0 aliphatic carbocycles. The lowest BCUT2D eigenvalue weighted by molar-refractivity contribution is -0.120. The molecule has 0 saturated heterocycles. The van der Waals surface area contributed by atoms with Crippen LogP contribution in [-0.2, 0) is 11.2 Å². The third-order valence-corrected chi connectivity index (χ3v) is 3.68. The van der Waals surface area contributed by atoms with Crippen molar-refractivity contribution in [2.75, 3.05) is 6.54 Å². The quantitative estimate of drug-likeness (QED) is 0.734. The Bertz CT molecular complexity index is 914. The molecule has 24 heavy (non-hydrogen) atoms. The van der Waals surface area contributed by atoms with E-state index in [-0.39, 0.29) is 18.3 Å². The number of benzene rings is 3. The van der Waals surface area contributed by atoms with Crippen molar-refractivity contribution in [2.24, 2.45) is 0 Å². The van der Waals surface area contributed by atoms with Gasteiger partial charge in [-0.25, -0.2) is 4.39 Å². The number of hydrogen-bond acceptors (Lipinski definition) is 1. The topological polar surface area (TPSA) is 29.1 Å². The van der Waals surface area contributed by atoms with Crippen LogP contribution in [-0.4, -0.2) is 12.5 Å². The van der Waals surface area contributed by atoms with Crippen molar-refractivity contribution in [1.82, 2.24) is 5.32 Å². The summed E-state index contributed by atoms with van der Waals surface area (Å²) < 4.78 is 12.8. The minimum Gasteiger partial charge on any atom is -0.345 e. The van der Waals surface area contributed by atoms with E-state index in [1.165, 1.54) is 12.1 Å². The van der Waals surface area contributed by atoms with Crippen LogP contribution in [0.5, 0.6) is 0 Å². The maximum Gasteiger partial charge on any atom is 0.225 e. The number of amides is 1. The van der Waals surface area contributed by atoms with Gasteiger partial charge in [0.15, 0.2) is 0 Å². The molecule has 1 amide bonds. The predicted molar refractivity (Wildman–Crippen MR) is 93.9 cm³/mol. The van der Waals surface area contributed by atoms with Crippen LogP contribution in [0, 0.1) is 17.7 Å². The molecule has 3 aromatic rings. The highest BCUT2D eigenvalue weighted by Gasteiger charge is 2.05. The van der Waals surface area contributed by atoms with Crippen LogP contribution in [0.4, 0.5) is 4.39 Å². The van der Waals surface area contributed by atoms with E-state index in [2.05, 4.69) is 17.2 Å². The van der Waals surface area contributed by atoms with E-state index in [9.17, 15) is 9.18 Å². The molecular weight excluding hydrogens is 301 g/mol. The van der Waals surface area contributed by atoms with E-state index < -0.39 is 0 Å². The molecule has 3 rings (SSSR count). The minimum atomic E-state index is -0.288. The van der Waals surface area contributed by atoms with Crippen molar-refractivity contribution in [2.45, 2.75) is 6.42 Å². The van der Waals surface area contributed by atoms with Crippen LogP contribution in [0.15, 0.2) is 66.7 Å². The van der Waals surface area contributed by atoms with E-state index in [4.69, 9.17) is 0 Å².